The van der Waals surface area contributed by atoms with Gasteiger partial charge in [0, 0.05) is 28.6 Å². The second kappa shape index (κ2) is 5.34. The lowest BCUT2D eigenvalue weighted by atomic mass is 10.2. The van der Waals surface area contributed by atoms with Crippen molar-refractivity contribution in [3.05, 3.63) is 21.4 Å². The molecule has 2 nitrogen and oxygen atoms in total. The first kappa shape index (κ1) is 11.5. The molecule has 0 atom stereocenters. The minimum absolute atomic E-state index is 0.247. The van der Waals surface area contributed by atoms with Gasteiger partial charge in [-0.05, 0) is 30.9 Å². The first-order valence-corrected chi connectivity index (χ1v) is 7.24. The highest BCUT2D eigenvalue weighted by molar-refractivity contribution is 7.98. The van der Waals surface area contributed by atoms with Gasteiger partial charge in [0.25, 0.3) is 0 Å². The van der Waals surface area contributed by atoms with E-state index in [2.05, 4.69) is 18.0 Å². The van der Waals surface area contributed by atoms with E-state index in [1.807, 2.05) is 23.1 Å². The van der Waals surface area contributed by atoms with E-state index in [0.29, 0.717) is 0 Å². The van der Waals surface area contributed by atoms with E-state index in [1.165, 1.54) is 22.8 Å². The van der Waals surface area contributed by atoms with Gasteiger partial charge in [0.2, 0.25) is 0 Å². The van der Waals surface area contributed by atoms with Crippen molar-refractivity contribution in [2.45, 2.75) is 18.7 Å². The third-order valence-electron chi connectivity index (χ3n) is 2.59. The standard InChI is InChI=1S/C11H17NOS2/c1-12(3-4-13)7-10-6-9-8-14-5-2-11(9)15-10/h6,13H,2-5,7-8H2,1H3. The molecule has 1 aliphatic rings. The van der Waals surface area contributed by atoms with Crippen molar-refractivity contribution in [3.63, 3.8) is 0 Å². The van der Waals surface area contributed by atoms with Crippen molar-refractivity contribution in [1.29, 1.82) is 0 Å². The molecule has 0 aromatic carbocycles. The third kappa shape index (κ3) is 2.97. The summed E-state index contributed by atoms with van der Waals surface area (Å²) in [5.74, 6) is 2.47. The second-order valence-corrected chi connectivity index (χ2v) is 6.25. The van der Waals surface area contributed by atoms with E-state index in [-0.39, 0.29) is 6.61 Å². The molecule has 0 spiro atoms. The van der Waals surface area contributed by atoms with Crippen LogP contribution in [0.1, 0.15) is 15.3 Å². The fraction of sp³-hybridized carbons (Fsp3) is 0.636. The SMILES string of the molecule is CN(CCO)Cc1cc2c(s1)CCSC2. The number of likely N-dealkylation sites (N-methyl/N-ethyl adjacent to an activating group) is 1. The van der Waals surface area contributed by atoms with Crippen molar-refractivity contribution < 1.29 is 5.11 Å². The van der Waals surface area contributed by atoms with Gasteiger partial charge in [0.1, 0.15) is 0 Å². The number of hydrogen-bond donors (Lipinski definition) is 1. The summed E-state index contributed by atoms with van der Waals surface area (Å²) in [6, 6.07) is 2.35. The maximum absolute atomic E-state index is 8.84. The van der Waals surface area contributed by atoms with Crippen LogP contribution < -0.4 is 0 Å². The number of aliphatic hydroxyl groups is 1. The summed E-state index contributed by atoms with van der Waals surface area (Å²) in [6.07, 6.45) is 1.24. The maximum Gasteiger partial charge on any atom is 0.0558 e. The monoisotopic (exact) mass is 243 g/mol. The normalized spacial score (nSPS) is 15.7. The molecule has 1 aromatic rings. The van der Waals surface area contributed by atoms with Crippen molar-refractivity contribution >= 4 is 23.1 Å². The summed E-state index contributed by atoms with van der Waals surface area (Å²) in [6.45, 7) is 1.98. The molecular formula is C11H17NOS2. The summed E-state index contributed by atoms with van der Waals surface area (Å²) < 4.78 is 0. The Balaban J connectivity index is 2.00. The third-order valence-corrected chi connectivity index (χ3v) is 4.82. The first-order valence-electron chi connectivity index (χ1n) is 5.27. The number of aryl methyl sites for hydroxylation is 1. The lowest BCUT2D eigenvalue weighted by molar-refractivity contribution is 0.218. The first-order chi connectivity index (χ1) is 7.29. The molecule has 2 rings (SSSR count). The number of aliphatic hydroxyl groups excluding tert-OH is 1. The highest BCUT2D eigenvalue weighted by atomic mass is 32.2. The molecule has 0 radical (unpaired) electrons. The van der Waals surface area contributed by atoms with Crippen LogP contribution in [0.3, 0.4) is 0 Å². The van der Waals surface area contributed by atoms with Crippen LogP contribution in [0.5, 0.6) is 0 Å². The van der Waals surface area contributed by atoms with Crippen LogP contribution in [0.25, 0.3) is 0 Å². The molecule has 2 heterocycles. The Labute approximate surface area is 99.3 Å². The van der Waals surface area contributed by atoms with Gasteiger partial charge in [-0.1, -0.05) is 0 Å². The zero-order valence-electron chi connectivity index (χ0n) is 9.03. The van der Waals surface area contributed by atoms with Gasteiger partial charge in [-0.25, -0.2) is 0 Å². The minimum atomic E-state index is 0.247. The molecule has 0 amide bonds. The van der Waals surface area contributed by atoms with Crippen LogP contribution in [-0.4, -0.2) is 36.0 Å². The molecular weight excluding hydrogens is 226 g/mol. The summed E-state index contributed by atoms with van der Waals surface area (Å²) >= 11 is 3.99. The van der Waals surface area contributed by atoms with E-state index in [4.69, 9.17) is 5.11 Å². The van der Waals surface area contributed by atoms with Crippen LogP contribution in [0.2, 0.25) is 0 Å². The van der Waals surface area contributed by atoms with Crippen LogP contribution in [0, 0.1) is 0 Å². The highest BCUT2D eigenvalue weighted by Gasteiger charge is 2.14. The average Bonchev–Trinajstić information content (AvgIpc) is 2.59. The molecule has 15 heavy (non-hydrogen) atoms. The number of thioether (sulfide) groups is 1. The van der Waals surface area contributed by atoms with Gasteiger partial charge in [0.05, 0.1) is 6.61 Å². The molecule has 0 bridgehead atoms. The summed E-state index contributed by atoms with van der Waals surface area (Å²) in [4.78, 5) is 5.20. The van der Waals surface area contributed by atoms with E-state index in [0.717, 1.165) is 13.1 Å². The highest BCUT2D eigenvalue weighted by Crippen LogP contribution is 2.32. The fourth-order valence-corrected chi connectivity index (χ4v) is 4.26. The van der Waals surface area contributed by atoms with Crippen molar-refractivity contribution in [2.75, 3.05) is 26.0 Å². The van der Waals surface area contributed by atoms with Crippen molar-refractivity contribution in [2.24, 2.45) is 0 Å². The quantitative estimate of drug-likeness (QED) is 0.874. The van der Waals surface area contributed by atoms with E-state index >= 15 is 0 Å². The van der Waals surface area contributed by atoms with Crippen molar-refractivity contribution in [1.82, 2.24) is 4.90 Å². The lowest BCUT2D eigenvalue weighted by Gasteiger charge is -2.12. The number of rotatable bonds is 4. The maximum atomic E-state index is 8.84. The Kier molecular flexibility index (Phi) is 4.08. The van der Waals surface area contributed by atoms with Crippen LogP contribution in [-0.2, 0) is 18.7 Å². The topological polar surface area (TPSA) is 23.5 Å². The molecule has 0 saturated carbocycles. The molecule has 1 aliphatic heterocycles. The smallest absolute Gasteiger partial charge is 0.0558 e. The van der Waals surface area contributed by atoms with Gasteiger partial charge in [-0.2, -0.15) is 11.8 Å². The predicted octanol–water partition coefficient (Wildman–Crippen LogP) is 1.96. The van der Waals surface area contributed by atoms with Crippen molar-refractivity contribution in [3.8, 4) is 0 Å². The van der Waals surface area contributed by atoms with E-state index < -0.39 is 0 Å². The zero-order chi connectivity index (χ0) is 10.7. The van der Waals surface area contributed by atoms with Gasteiger partial charge >= 0.3 is 0 Å². The van der Waals surface area contributed by atoms with Gasteiger partial charge in [-0.3, -0.25) is 4.90 Å². The Morgan fingerprint density at radius 2 is 2.40 bits per heavy atom. The number of nitrogens with zero attached hydrogens (tertiary/aromatic N) is 1. The molecule has 0 saturated heterocycles. The molecule has 4 heteroatoms. The molecule has 0 fully saturated rings. The summed E-state index contributed by atoms with van der Waals surface area (Å²) in [5, 5.41) is 8.84. The largest absolute Gasteiger partial charge is 0.395 e. The molecule has 84 valence electrons. The summed E-state index contributed by atoms with van der Waals surface area (Å²) in [7, 11) is 2.06. The number of thiophene rings is 1. The molecule has 0 unspecified atom stereocenters. The minimum Gasteiger partial charge on any atom is -0.395 e. The van der Waals surface area contributed by atoms with E-state index in [9.17, 15) is 0 Å². The Morgan fingerprint density at radius 3 is 3.13 bits per heavy atom. The van der Waals surface area contributed by atoms with Crippen LogP contribution in [0.15, 0.2) is 6.07 Å². The number of fused-ring (bicyclic) bond motifs is 1. The molecule has 1 N–H and O–H groups in total. The average molecular weight is 243 g/mol. The Hall–Kier alpha value is -0.0300. The van der Waals surface area contributed by atoms with Gasteiger partial charge in [-0.15, -0.1) is 11.3 Å². The lowest BCUT2D eigenvalue weighted by Crippen LogP contribution is -2.20. The van der Waals surface area contributed by atoms with Crippen LogP contribution in [0.4, 0.5) is 0 Å². The zero-order valence-corrected chi connectivity index (χ0v) is 10.7. The van der Waals surface area contributed by atoms with E-state index in [1.54, 1.807) is 10.4 Å². The van der Waals surface area contributed by atoms with Crippen LogP contribution >= 0.6 is 23.1 Å². The molecule has 0 aliphatic carbocycles. The molecule has 1 aromatic heterocycles. The van der Waals surface area contributed by atoms with Gasteiger partial charge < -0.3 is 5.11 Å². The van der Waals surface area contributed by atoms with Gasteiger partial charge in [0.15, 0.2) is 0 Å². The summed E-state index contributed by atoms with van der Waals surface area (Å²) in [5.41, 5.74) is 1.55. The fourth-order valence-electron chi connectivity index (χ4n) is 1.80. The number of hydrogen-bond acceptors (Lipinski definition) is 4. The predicted molar refractivity (Wildman–Crippen MR) is 67.6 cm³/mol. The Morgan fingerprint density at radius 1 is 1.53 bits per heavy atom. The second-order valence-electron chi connectivity index (χ2n) is 3.93. The Bertz CT molecular complexity index is 301.